The Balaban J connectivity index is 2.26. The Morgan fingerprint density at radius 3 is 2.32 bits per heavy atom. The topological polar surface area (TPSA) is 56.5 Å². The molecule has 0 radical (unpaired) electrons. The van der Waals surface area contributed by atoms with Gasteiger partial charge in [-0.15, -0.1) is 0 Å². The van der Waals surface area contributed by atoms with Crippen LogP contribution in [0.1, 0.15) is 21.1 Å². The second kappa shape index (κ2) is 5.65. The predicted molar refractivity (Wildman–Crippen MR) is 70.5 cm³/mol. The zero-order valence-electron chi connectivity index (χ0n) is 9.15. The van der Waals surface area contributed by atoms with Crippen LogP contribution in [0.3, 0.4) is 0 Å². The van der Waals surface area contributed by atoms with E-state index in [1.807, 2.05) is 0 Å². The number of esters is 1. The summed E-state index contributed by atoms with van der Waals surface area (Å²) in [5.74, 6) is -0.967. The molecule has 0 amide bonds. The molecule has 7 heteroatoms. The van der Waals surface area contributed by atoms with Gasteiger partial charge in [-0.3, -0.25) is 4.79 Å². The molecule has 0 saturated heterocycles. The standard InChI is InChI=1S/C12H5Cl3O4/c13-6-3-8(14)11(9(15)4-6)19-12(17)10-2-1-7(5-16)18-10/h1-5H. The highest BCUT2D eigenvalue weighted by Crippen LogP contribution is 2.36. The maximum Gasteiger partial charge on any atom is 0.379 e. The largest absolute Gasteiger partial charge is 0.446 e. The molecule has 0 spiro atoms. The minimum absolute atomic E-state index is 0.0141. The first kappa shape index (κ1) is 13.9. The average molecular weight is 320 g/mol. The third-order valence-electron chi connectivity index (χ3n) is 2.10. The van der Waals surface area contributed by atoms with Crippen LogP contribution in [0.15, 0.2) is 28.7 Å². The predicted octanol–water partition coefficient (Wildman–Crippen LogP) is 4.27. The molecule has 19 heavy (non-hydrogen) atoms. The smallest absolute Gasteiger partial charge is 0.379 e. The minimum Gasteiger partial charge on any atom is -0.446 e. The molecule has 98 valence electrons. The normalized spacial score (nSPS) is 10.3. The van der Waals surface area contributed by atoms with Crippen LogP contribution in [0.2, 0.25) is 15.1 Å². The monoisotopic (exact) mass is 318 g/mol. The maximum atomic E-state index is 11.8. The van der Waals surface area contributed by atoms with Crippen LogP contribution in [-0.4, -0.2) is 12.3 Å². The number of benzene rings is 1. The summed E-state index contributed by atoms with van der Waals surface area (Å²) < 4.78 is 9.92. The van der Waals surface area contributed by atoms with Crippen molar-refractivity contribution in [2.45, 2.75) is 0 Å². The lowest BCUT2D eigenvalue weighted by atomic mass is 10.3. The Kier molecular flexibility index (Phi) is 4.14. The zero-order valence-corrected chi connectivity index (χ0v) is 11.4. The van der Waals surface area contributed by atoms with Crippen LogP contribution in [0.25, 0.3) is 0 Å². The molecule has 2 rings (SSSR count). The number of hydrogen-bond donors (Lipinski definition) is 0. The Hall–Kier alpha value is -1.49. The maximum absolute atomic E-state index is 11.8. The van der Waals surface area contributed by atoms with E-state index in [4.69, 9.17) is 44.0 Å². The van der Waals surface area contributed by atoms with Gasteiger partial charge in [0.2, 0.25) is 5.76 Å². The van der Waals surface area contributed by atoms with Crippen LogP contribution in [-0.2, 0) is 0 Å². The van der Waals surface area contributed by atoms with Gasteiger partial charge in [-0.05, 0) is 24.3 Å². The number of furan rings is 1. The van der Waals surface area contributed by atoms with E-state index >= 15 is 0 Å². The third-order valence-corrected chi connectivity index (χ3v) is 2.88. The van der Waals surface area contributed by atoms with Crippen molar-refractivity contribution >= 4 is 47.1 Å². The molecule has 0 aliphatic rings. The molecule has 0 unspecified atom stereocenters. The summed E-state index contributed by atoms with van der Waals surface area (Å²) in [6, 6.07) is 5.42. The van der Waals surface area contributed by atoms with Crippen molar-refractivity contribution in [2.75, 3.05) is 0 Å². The van der Waals surface area contributed by atoms with Crippen LogP contribution in [0.4, 0.5) is 0 Å². The van der Waals surface area contributed by atoms with Crippen molar-refractivity contribution in [3.8, 4) is 5.75 Å². The highest BCUT2D eigenvalue weighted by molar-refractivity contribution is 6.40. The van der Waals surface area contributed by atoms with Crippen LogP contribution < -0.4 is 4.74 Å². The molecule has 0 aliphatic heterocycles. The molecular weight excluding hydrogens is 314 g/mol. The SMILES string of the molecule is O=Cc1ccc(C(=O)Oc2c(Cl)cc(Cl)cc2Cl)o1. The Bertz CT molecular complexity index is 625. The van der Waals surface area contributed by atoms with Crippen molar-refractivity contribution < 1.29 is 18.7 Å². The quantitative estimate of drug-likeness (QED) is 0.481. The fraction of sp³-hybridized carbons (Fsp3) is 0. The summed E-state index contributed by atoms with van der Waals surface area (Å²) in [6.07, 6.45) is 0.471. The fourth-order valence-corrected chi connectivity index (χ4v) is 2.19. The summed E-state index contributed by atoms with van der Waals surface area (Å²) >= 11 is 17.5. The number of rotatable bonds is 3. The van der Waals surface area contributed by atoms with Gasteiger partial charge in [0.1, 0.15) is 0 Å². The number of carbonyl (C=O) groups excluding carboxylic acids is 2. The zero-order chi connectivity index (χ0) is 14.0. The lowest BCUT2D eigenvalue weighted by Crippen LogP contribution is -2.08. The number of carbonyl (C=O) groups is 2. The summed E-state index contributed by atoms with van der Waals surface area (Å²) in [5.41, 5.74) is 0. The molecule has 0 atom stereocenters. The van der Waals surface area contributed by atoms with E-state index in [1.54, 1.807) is 0 Å². The molecular formula is C12H5Cl3O4. The summed E-state index contributed by atoms with van der Waals surface area (Å²) in [7, 11) is 0. The Labute approximate surface area is 122 Å². The van der Waals surface area contributed by atoms with E-state index in [1.165, 1.54) is 24.3 Å². The van der Waals surface area contributed by atoms with Crippen molar-refractivity contribution in [2.24, 2.45) is 0 Å². The van der Waals surface area contributed by atoms with E-state index in [0.717, 1.165) is 0 Å². The molecule has 0 fully saturated rings. The van der Waals surface area contributed by atoms with Crippen LogP contribution in [0.5, 0.6) is 5.75 Å². The van der Waals surface area contributed by atoms with Crippen molar-refractivity contribution in [1.82, 2.24) is 0 Å². The van der Waals surface area contributed by atoms with Gasteiger partial charge in [0.25, 0.3) is 0 Å². The Morgan fingerprint density at radius 1 is 1.16 bits per heavy atom. The van der Waals surface area contributed by atoms with Crippen molar-refractivity contribution in [1.29, 1.82) is 0 Å². The van der Waals surface area contributed by atoms with Crippen LogP contribution >= 0.6 is 34.8 Å². The lowest BCUT2D eigenvalue weighted by molar-refractivity contribution is 0.0700. The van der Waals surface area contributed by atoms with Gasteiger partial charge < -0.3 is 9.15 Å². The van der Waals surface area contributed by atoms with Crippen LogP contribution in [0, 0.1) is 0 Å². The van der Waals surface area contributed by atoms with E-state index in [9.17, 15) is 9.59 Å². The van der Waals surface area contributed by atoms with Crippen molar-refractivity contribution in [3.05, 3.63) is 50.9 Å². The number of ether oxygens (including phenoxy) is 1. The molecule has 1 aromatic carbocycles. The molecule has 0 aliphatic carbocycles. The van der Waals surface area contributed by atoms with Gasteiger partial charge in [0.05, 0.1) is 10.0 Å². The summed E-state index contributed by atoms with van der Waals surface area (Å²) in [4.78, 5) is 22.2. The molecule has 4 nitrogen and oxygen atoms in total. The summed E-state index contributed by atoms with van der Waals surface area (Å²) in [6.45, 7) is 0. The molecule has 0 saturated carbocycles. The lowest BCUT2D eigenvalue weighted by Gasteiger charge is -2.07. The van der Waals surface area contributed by atoms with E-state index in [0.29, 0.717) is 11.3 Å². The first-order valence-corrected chi connectivity index (χ1v) is 6.06. The fourth-order valence-electron chi connectivity index (χ4n) is 1.30. The van der Waals surface area contributed by atoms with Gasteiger partial charge in [-0.1, -0.05) is 34.8 Å². The number of hydrogen-bond acceptors (Lipinski definition) is 4. The first-order valence-electron chi connectivity index (χ1n) is 4.93. The molecule has 2 aromatic rings. The van der Waals surface area contributed by atoms with E-state index < -0.39 is 5.97 Å². The van der Waals surface area contributed by atoms with Gasteiger partial charge in [-0.2, -0.15) is 0 Å². The average Bonchev–Trinajstić information content (AvgIpc) is 2.82. The highest BCUT2D eigenvalue weighted by atomic mass is 35.5. The first-order chi connectivity index (χ1) is 9.01. The van der Waals surface area contributed by atoms with E-state index in [2.05, 4.69) is 0 Å². The molecule has 1 heterocycles. The number of aldehydes is 1. The second-order valence-electron chi connectivity index (χ2n) is 3.41. The molecule has 1 aromatic heterocycles. The number of halogens is 3. The van der Waals surface area contributed by atoms with E-state index in [-0.39, 0.29) is 27.3 Å². The van der Waals surface area contributed by atoms with Gasteiger partial charge >= 0.3 is 5.97 Å². The van der Waals surface area contributed by atoms with Gasteiger partial charge in [0, 0.05) is 5.02 Å². The Morgan fingerprint density at radius 2 is 1.79 bits per heavy atom. The molecule has 0 bridgehead atoms. The van der Waals surface area contributed by atoms with Gasteiger partial charge in [0.15, 0.2) is 17.8 Å². The second-order valence-corrected chi connectivity index (χ2v) is 4.66. The minimum atomic E-state index is -0.820. The highest BCUT2D eigenvalue weighted by Gasteiger charge is 2.18. The van der Waals surface area contributed by atoms with Gasteiger partial charge in [-0.25, -0.2) is 4.79 Å². The summed E-state index contributed by atoms with van der Waals surface area (Å²) in [5, 5.41) is 0.497. The third kappa shape index (κ3) is 3.10. The molecule has 0 N–H and O–H groups in total. The van der Waals surface area contributed by atoms with Crippen molar-refractivity contribution in [3.63, 3.8) is 0 Å².